The number of rotatable bonds is 7. The lowest BCUT2D eigenvalue weighted by atomic mass is 10.1. The van der Waals surface area contributed by atoms with Crippen molar-refractivity contribution < 1.29 is 9.84 Å². The summed E-state index contributed by atoms with van der Waals surface area (Å²) in [7, 11) is 1.66. The number of benzene rings is 2. The molecule has 0 aliphatic carbocycles. The predicted molar refractivity (Wildman–Crippen MR) is 113 cm³/mol. The van der Waals surface area contributed by atoms with E-state index in [4.69, 9.17) is 4.74 Å². The van der Waals surface area contributed by atoms with E-state index in [0.29, 0.717) is 13.0 Å². The van der Waals surface area contributed by atoms with Gasteiger partial charge in [-0.3, -0.25) is 0 Å². The molecular weight excluding hydrogens is 364 g/mol. The molecule has 2 aromatic carbocycles. The molecule has 4 rings (SSSR count). The highest BCUT2D eigenvalue weighted by atomic mass is 16.5. The smallest absolute Gasteiger partial charge is 0.119 e. The van der Waals surface area contributed by atoms with Gasteiger partial charge in [-0.1, -0.05) is 30.3 Å². The van der Waals surface area contributed by atoms with Crippen LogP contribution in [0, 0.1) is 6.92 Å². The van der Waals surface area contributed by atoms with E-state index >= 15 is 0 Å². The van der Waals surface area contributed by atoms with Gasteiger partial charge < -0.3 is 14.4 Å². The van der Waals surface area contributed by atoms with E-state index in [9.17, 15) is 5.11 Å². The molecule has 0 aliphatic rings. The zero-order valence-corrected chi connectivity index (χ0v) is 16.6. The summed E-state index contributed by atoms with van der Waals surface area (Å²) < 4.78 is 9.28. The molecule has 4 aromatic rings. The fraction of sp³-hybridized carbons (Fsp3) is 0.217. The van der Waals surface area contributed by atoms with Crippen LogP contribution < -0.4 is 4.74 Å². The number of methoxy groups -OCH3 is 1. The lowest BCUT2D eigenvalue weighted by Gasteiger charge is -2.11. The molecule has 29 heavy (non-hydrogen) atoms. The SMILES string of the molecule is COc1ccc(-n2ncc(-c3c(-c4ccccc4)ncn3CCCO)c2C)cc1. The fourth-order valence-electron chi connectivity index (χ4n) is 3.51. The second-order valence-corrected chi connectivity index (χ2v) is 6.83. The molecule has 2 aromatic heterocycles. The van der Waals surface area contributed by atoms with Crippen LogP contribution in [0.4, 0.5) is 0 Å². The summed E-state index contributed by atoms with van der Waals surface area (Å²) in [6.07, 6.45) is 4.40. The van der Waals surface area contributed by atoms with E-state index in [2.05, 4.69) is 33.7 Å². The number of ether oxygens (including phenoxy) is 1. The molecule has 0 spiro atoms. The molecule has 0 amide bonds. The molecule has 0 saturated heterocycles. The van der Waals surface area contributed by atoms with Gasteiger partial charge in [-0.15, -0.1) is 0 Å². The minimum Gasteiger partial charge on any atom is -0.497 e. The predicted octanol–water partition coefficient (Wildman–Crippen LogP) is 4.10. The van der Waals surface area contributed by atoms with Crippen LogP contribution in [0.3, 0.4) is 0 Å². The van der Waals surface area contributed by atoms with Crippen LogP contribution in [-0.4, -0.2) is 38.2 Å². The molecule has 0 unspecified atom stereocenters. The highest BCUT2D eigenvalue weighted by Gasteiger charge is 2.20. The monoisotopic (exact) mass is 388 g/mol. The van der Waals surface area contributed by atoms with Crippen molar-refractivity contribution in [3.05, 3.63) is 72.8 Å². The Bertz CT molecular complexity index is 1080. The van der Waals surface area contributed by atoms with E-state index in [1.807, 2.05) is 59.7 Å². The molecule has 0 radical (unpaired) electrons. The zero-order chi connectivity index (χ0) is 20.2. The molecule has 0 atom stereocenters. The first-order valence-corrected chi connectivity index (χ1v) is 9.63. The average molecular weight is 388 g/mol. The number of hydrogen-bond acceptors (Lipinski definition) is 4. The number of nitrogens with zero attached hydrogens (tertiary/aromatic N) is 4. The van der Waals surface area contributed by atoms with Crippen molar-refractivity contribution in [2.75, 3.05) is 13.7 Å². The number of aromatic nitrogens is 4. The van der Waals surface area contributed by atoms with Crippen LogP contribution in [0.1, 0.15) is 12.1 Å². The number of aliphatic hydroxyl groups is 1. The van der Waals surface area contributed by atoms with Gasteiger partial charge in [0.15, 0.2) is 0 Å². The Morgan fingerprint density at radius 3 is 2.48 bits per heavy atom. The highest BCUT2D eigenvalue weighted by molar-refractivity contribution is 5.79. The third kappa shape index (κ3) is 3.67. The van der Waals surface area contributed by atoms with Crippen LogP contribution in [0.15, 0.2) is 67.1 Å². The second kappa shape index (κ2) is 8.32. The maximum absolute atomic E-state index is 9.30. The average Bonchev–Trinajstić information content (AvgIpc) is 3.36. The van der Waals surface area contributed by atoms with Crippen molar-refractivity contribution in [2.45, 2.75) is 19.9 Å². The van der Waals surface area contributed by atoms with Gasteiger partial charge in [-0.25, -0.2) is 9.67 Å². The quantitative estimate of drug-likeness (QED) is 0.518. The molecule has 2 heterocycles. The van der Waals surface area contributed by atoms with Crippen molar-refractivity contribution in [1.82, 2.24) is 19.3 Å². The first-order valence-electron chi connectivity index (χ1n) is 9.63. The Morgan fingerprint density at radius 2 is 1.79 bits per heavy atom. The standard InChI is InChI=1S/C23H24N4O2/c1-17-21(15-25-27(17)19-9-11-20(29-2)12-10-19)23-22(18-7-4-3-5-8-18)24-16-26(23)13-6-14-28/h3-5,7-12,15-16,28H,6,13-14H2,1-2H3. The van der Waals surface area contributed by atoms with Gasteiger partial charge in [0.1, 0.15) is 5.75 Å². The van der Waals surface area contributed by atoms with Gasteiger partial charge in [0.2, 0.25) is 0 Å². The molecule has 0 saturated carbocycles. The van der Waals surface area contributed by atoms with Crippen LogP contribution in [0.25, 0.3) is 28.2 Å². The first-order chi connectivity index (χ1) is 14.2. The lowest BCUT2D eigenvalue weighted by Crippen LogP contribution is -2.03. The minimum atomic E-state index is 0.141. The van der Waals surface area contributed by atoms with E-state index < -0.39 is 0 Å². The number of aryl methyl sites for hydroxylation is 1. The van der Waals surface area contributed by atoms with Crippen LogP contribution >= 0.6 is 0 Å². The Labute approximate surface area is 170 Å². The van der Waals surface area contributed by atoms with E-state index in [-0.39, 0.29) is 6.61 Å². The summed E-state index contributed by atoms with van der Waals surface area (Å²) in [5.41, 5.74) is 6.01. The third-order valence-corrected chi connectivity index (χ3v) is 5.02. The maximum Gasteiger partial charge on any atom is 0.119 e. The van der Waals surface area contributed by atoms with Crippen LogP contribution in [0.2, 0.25) is 0 Å². The molecule has 0 fully saturated rings. The molecule has 0 aliphatic heterocycles. The van der Waals surface area contributed by atoms with Gasteiger partial charge in [-0.05, 0) is 37.6 Å². The van der Waals surface area contributed by atoms with Gasteiger partial charge in [0.05, 0.1) is 42.4 Å². The zero-order valence-electron chi connectivity index (χ0n) is 16.6. The lowest BCUT2D eigenvalue weighted by molar-refractivity contribution is 0.280. The molecular formula is C23H24N4O2. The van der Waals surface area contributed by atoms with E-state index in [0.717, 1.165) is 39.6 Å². The van der Waals surface area contributed by atoms with E-state index in [1.165, 1.54) is 0 Å². The summed E-state index contributed by atoms with van der Waals surface area (Å²) in [6, 6.07) is 18.0. The minimum absolute atomic E-state index is 0.141. The van der Waals surface area contributed by atoms with Gasteiger partial charge in [-0.2, -0.15) is 5.10 Å². The first kappa shape index (κ1) is 19.0. The summed E-state index contributed by atoms with van der Waals surface area (Å²) >= 11 is 0. The molecule has 6 nitrogen and oxygen atoms in total. The topological polar surface area (TPSA) is 65.1 Å². The normalized spacial score (nSPS) is 11.0. The van der Waals surface area contributed by atoms with Gasteiger partial charge >= 0.3 is 0 Å². The Hall–Kier alpha value is -3.38. The molecule has 1 N–H and O–H groups in total. The van der Waals surface area contributed by atoms with E-state index in [1.54, 1.807) is 7.11 Å². The Morgan fingerprint density at radius 1 is 1.03 bits per heavy atom. The Kier molecular flexibility index (Phi) is 5.44. The molecule has 0 bridgehead atoms. The third-order valence-electron chi connectivity index (χ3n) is 5.02. The van der Waals surface area contributed by atoms with Crippen molar-refractivity contribution in [3.8, 4) is 34.0 Å². The summed E-state index contributed by atoms with van der Waals surface area (Å²) in [6.45, 7) is 2.89. The van der Waals surface area contributed by atoms with Gasteiger partial charge in [0, 0.05) is 24.3 Å². The highest BCUT2D eigenvalue weighted by Crippen LogP contribution is 2.34. The summed E-state index contributed by atoms with van der Waals surface area (Å²) in [5, 5.41) is 13.9. The van der Waals surface area contributed by atoms with Crippen molar-refractivity contribution >= 4 is 0 Å². The van der Waals surface area contributed by atoms with Crippen molar-refractivity contribution in [1.29, 1.82) is 0 Å². The van der Waals surface area contributed by atoms with Crippen molar-refractivity contribution in [2.24, 2.45) is 0 Å². The molecule has 148 valence electrons. The van der Waals surface area contributed by atoms with Crippen LogP contribution in [0.5, 0.6) is 5.75 Å². The number of imidazole rings is 1. The van der Waals surface area contributed by atoms with Gasteiger partial charge in [0.25, 0.3) is 0 Å². The van der Waals surface area contributed by atoms with Crippen LogP contribution in [-0.2, 0) is 6.54 Å². The number of hydrogen-bond donors (Lipinski definition) is 1. The fourth-order valence-corrected chi connectivity index (χ4v) is 3.51. The summed E-state index contributed by atoms with van der Waals surface area (Å²) in [4.78, 5) is 4.69. The number of aliphatic hydroxyl groups excluding tert-OH is 1. The second-order valence-electron chi connectivity index (χ2n) is 6.83. The Balaban J connectivity index is 1.81. The van der Waals surface area contributed by atoms with Crippen molar-refractivity contribution in [3.63, 3.8) is 0 Å². The largest absolute Gasteiger partial charge is 0.497 e. The maximum atomic E-state index is 9.30. The summed E-state index contributed by atoms with van der Waals surface area (Å²) in [5.74, 6) is 0.812. The molecule has 6 heteroatoms.